The quantitative estimate of drug-likeness (QED) is 0.703. The Hall–Kier alpha value is -2.48. The number of aldehydes is 1. The van der Waals surface area contributed by atoms with Crippen molar-refractivity contribution in [1.29, 1.82) is 0 Å². The Labute approximate surface area is 175 Å². The molecular formula is C20H27ClN2O6. The zero-order chi connectivity index (χ0) is 21.6. The maximum absolute atomic E-state index is 12.1. The van der Waals surface area contributed by atoms with Crippen molar-refractivity contribution in [2.45, 2.75) is 39.2 Å². The number of nitrogens with one attached hydrogen (secondary N) is 1. The highest BCUT2D eigenvalue weighted by atomic mass is 35.5. The van der Waals surface area contributed by atoms with E-state index in [-0.39, 0.29) is 29.2 Å². The van der Waals surface area contributed by atoms with E-state index in [1.807, 2.05) is 20.8 Å². The van der Waals surface area contributed by atoms with Gasteiger partial charge in [-0.05, 0) is 45.6 Å². The van der Waals surface area contributed by atoms with Gasteiger partial charge in [-0.3, -0.25) is 10.1 Å². The zero-order valence-electron chi connectivity index (χ0n) is 17.1. The second kappa shape index (κ2) is 9.82. The molecule has 1 N–H and O–H groups in total. The van der Waals surface area contributed by atoms with Crippen LogP contribution in [0.1, 0.15) is 44.0 Å². The number of likely N-dealkylation sites (tertiary alicyclic amines) is 1. The number of carbonyl (C=O) groups excluding carboxylic acids is 3. The topological polar surface area (TPSA) is 94.2 Å². The predicted molar refractivity (Wildman–Crippen MR) is 109 cm³/mol. The van der Waals surface area contributed by atoms with Gasteiger partial charge in [-0.1, -0.05) is 11.6 Å². The van der Waals surface area contributed by atoms with Gasteiger partial charge in [0.2, 0.25) is 0 Å². The fourth-order valence-electron chi connectivity index (χ4n) is 2.88. The largest absolute Gasteiger partial charge is 0.496 e. The van der Waals surface area contributed by atoms with Crippen LogP contribution in [0.15, 0.2) is 12.1 Å². The van der Waals surface area contributed by atoms with Crippen molar-refractivity contribution in [1.82, 2.24) is 4.90 Å². The molecule has 1 heterocycles. The van der Waals surface area contributed by atoms with E-state index in [0.717, 1.165) is 12.8 Å². The van der Waals surface area contributed by atoms with Crippen LogP contribution in [0.2, 0.25) is 5.02 Å². The van der Waals surface area contributed by atoms with Crippen LogP contribution in [0, 0.1) is 5.92 Å². The highest BCUT2D eigenvalue weighted by molar-refractivity contribution is 6.34. The van der Waals surface area contributed by atoms with Gasteiger partial charge in [-0.15, -0.1) is 0 Å². The highest BCUT2D eigenvalue weighted by Crippen LogP contribution is 2.30. The van der Waals surface area contributed by atoms with Crippen molar-refractivity contribution in [2.75, 3.05) is 32.1 Å². The van der Waals surface area contributed by atoms with Crippen LogP contribution in [0.4, 0.5) is 15.3 Å². The zero-order valence-corrected chi connectivity index (χ0v) is 17.9. The number of ether oxygens (including phenoxy) is 3. The number of rotatable bonds is 5. The summed E-state index contributed by atoms with van der Waals surface area (Å²) in [5.74, 6) is 0.455. The minimum Gasteiger partial charge on any atom is -0.496 e. The number of halogens is 1. The summed E-state index contributed by atoms with van der Waals surface area (Å²) < 4.78 is 15.8. The number of amides is 2. The standard InChI is InChI=1S/C20H27ClN2O6/c1-20(2,3)29-19(26)23-7-5-13(6-8-23)12-28-18(25)22-16-10-17(27-4)14(11-24)9-15(16)21/h9-11,13H,5-8,12H2,1-4H3,(H,22,25). The van der Waals surface area contributed by atoms with Crippen LogP contribution in [0.3, 0.4) is 0 Å². The van der Waals surface area contributed by atoms with Crippen LogP contribution in [-0.2, 0) is 9.47 Å². The molecule has 1 saturated heterocycles. The Morgan fingerprint density at radius 1 is 1.28 bits per heavy atom. The maximum atomic E-state index is 12.1. The average molecular weight is 427 g/mol. The van der Waals surface area contributed by atoms with Gasteiger partial charge in [0.05, 0.1) is 30.0 Å². The first-order valence-electron chi connectivity index (χ1n) is 9.37. The smallest absolute Gasteiger partial charge is 0.411 e. The van der Waals surface area contributed by atoms with Crippen molar-refractivity contribution >= 4 is 35.8 Å². The minimum absolute atomic E-state index is 0.155. The van der Waals surface area contributed by atoms with Crippen LogP contribution in [0.25, 0.3) is 0 Å². The van der Waals surface area contributed by atoms with Crippen LogP contribution < -0.4 is 10.1 Å². The summed E-state index contributed by atoms with van der Waals surface area (Å²) in [5, 5.41) is 2.76. The van der Waals surface area contributed by atoms with Gasteiger partial charge >= 0.3 is 12.2 Å². The molecule has 1 aliphatic rings. The van der Waals surface area contributed by atoms with Crippen molar-refractivity contribution in [3.8, 4) is 5.75 Å². The number of hydrogen-bond donors (Lipinski definition) is 1. The number of benzene rings is 1. The molecule has 1 aliphatic heterocycles. The third-order valence-electron chi connectivity index (χ3n) is 4.40. The van der Waals surface area contributed by atoms with E-state index in [4.69, 9.17) is 25.8 Å². The number of hydrogen-bond acceptors (Lipinski definition) is 6. The highest BCUT2D eigenvalue weighted by Gasteiger charge is 2.27. The van der Waals surface area contributed by atoms with Crippen molar-refractivity contribution < 1.29 is 28.6 Å². The SMILES string of the molecule is COc1cc(NC(=O)OCC2CCN(C(=O)OC(C)(C)C)CC2)c(Cl)cc1C=O. The van der Waals surface area contributed by atoms with Crippen molar-refractivity contribution in [3.63, 3.8) is 0 Å². The van der Waals surface area contributed by atoms with Gasteiger partial charge in [-0.2, -0.15) is 0 Å². The average Bonchev–Trinajstić information content (AvgIpc) is 2.66. The minimum atomic E-state index is -0.651. The van der Waals surface area contributed by atoms with E-state index in [9.17, 15) is 14.4 Å². The molecule has 0 aliphatic carbocycles. The lowest BCUT2D eigenvalue weighted by Crippen LogP contribution is -2.42. The van der Waals surface area contributed by atoms with E-state index in [1.165, 1.54) is 19.2 Å². The molecule has 1 aromatic rings. The van der Waals surface area contributed by atoms with E-state index in [0.29, 0.717) is 30.8 Å². The van der Waals surface area contributed by atoms with Crippen LogP contribution in [-0.4, -0.2) is 55.8 Å². The molecule has 0 bridgehead atoms. The number of piperidine rings is 1. The van der Waals surface area contributed by atoms with Gasteiger partial charge in [0.25, 0.3) is 0 Å². The Balaban J connectivity index is 1.81. The summed E-state index contributed by atoms with van der Waals surface area (Å²) in [5.41, 5.74) is 0.0512. The predicted octanol–water partition coefficient (Wildman–Crippen LogP) is 4.36. The van der Waals surface area contributed by atoms with E-state index >= 15 is 0 Å². The number of anilines is 1. The maximum Gasteiger partial charge on any atom is 0.411 e. The Morgan fingerprint density at radius 2 is 1.93 bits per heavy atom. The third-order valence-corrected chi connectivity index (χ3v) is 4.71. The molecule has 0 atom stereocenters. The summed E-state index contributed by atoms with van der Waals surface area (Å²) in [6, 6.07) is 2.88. The molecular weight excluding hydrogens is 400 g/mol. The fraction of sp³-hybridized carbons (Fsp3) is 0.550. The fourth-order valence-corrected chi connectivity index (χ4v) is 3.10. The second-order valence-corrected chi connectivity index (χ2v) is 8.23. The van der Waals surface area contributed by atoms with Gasteiger partial charge in [0, 0.05) is 19.2 Å². The van der Waals surface area contributed by atoms with Gasteiger partial charge in [-0.25, -0.2) is 9.59 Å². The number of nitrogens with zero attached hydrogens (tertiary/aromatic N) is 1. The van der Waals surface area contributed by atoms with Gasteiger partial charge < -0.3 is 19.1 Å². The Morgan fingerprint density at radius 3 is 2.48 bits per heavy atom. The van der Waals surface area contributed by atoms with E-state index in [2.05, 4.69) is 5.32 Å². The van der Waals surface area contributed by atoms with Crippen molar-refractivity contribution in [3.05, 3.63) is 22.7 Å². The summed E-state index contributed by atoms with van der Waals surface area (Å²) in [6.45, 7) is 6.84. The summed E-state index contributed by atoms with van der Waals surface area (Å²) in [6.07, 6.45) is 1.08. The molecule has 29 heavy (non-hydrogen) atoms. The Kier molecular flexibility index (Phi) is 7.73. The summed E-state index contributed by atoms with van der Waals surface area (Å²) >= 11 is 6.09. The molecule has 0 spiro atoms. The second-order valence-electron chi connectivity index (χ2n) is 7.83. The first kappa shape index (κ1) is 22.8. The molecule has 1 fully saturated rings. The summed E-state index contributed by atoms with van der Waals surface area (Å²) in [4.78, 5) is 36.9. The number of carbonyl (C=O) groups is 3. The lowest BCUT2D eigenvalue weighted by atomic mass is 9.98. The molecule has 2 rings (SSSR count). The number of methoxy groups -OCH3 is 1. The first-order valence-corrected chi connectivity index (χ1v) is 9.75. The molecule has 9 heteroatoms. The lowest BCUT2D eigenvalue weighted by Gasteiger charge is -2.33. The summed E-state index contributed by atoms with van der Waals surface area (Å²) in [7, 11) is 1.42. The van der Waals surface area contributed by atoms with Crippen LogP contribution in [0.5, 0.6) is 5.75 Å². The van der Waals surface area contributed by atoms with Crippen molar-refractivity contribution in [2.24, 2.45) is 5.92 Å². The van der Waals surface area contributed by atoms with E-state index in [1.54, 1.807) is 4.90 Å². The van der Waals surface area contributed by atoms with Gasteiger partial charge in [0.15, 0.2) is 6.29 Å². The molecule has 8 nitrogen and oxygen atoms in total. The third kappa shape index (κ3) is 6.81. The van der Waals surface area contributed by atoms with E-state index < -0.39 is 11.7 Å². The normalized spacial score (nSPS) is 14.9. The molecule has 2 amide bonds. The van der Waals surface area contributed by atoms with Gasteiger partial charge in [0.1, 0.15) is 11.4 Å². The van der Waals surface area contributed by atoms with Crippen LogP contribution >= 0.6 is 11.6 Å². The molecule has 0 unspecified atom stereocenters. The Bertz CT molecular complexity index is 754. The molecule has 160 valence electrons. The molecule has 0 aromatic heterocycles. The first-order chi connectivity index (χ1) is 13.6. The molecule has 0 saturated carbocycles. The molecule has 0 radical (unpaired) electrons. The lowest BCUT2D eigenvalue weighted by molar-refractivity contribution is 0.0152. The molecule has 1 aromatic carbocycles. The monoisotopic (exact) mass is 426 g/mol.